The molecule has 0 spiro atoms. The van der Waals surface area contributed by atoms with Crippen LogP contribution in [0.5, 0.6) is 0 Å². The Labute approximate surface area is 135 Å². The number of para-hydroxylation sites is 1. The van der Waals surface area contributed by atoms with Crippen LogP contribution in [0.3, 0.4) is 0 Å². The third-order valence-electron chi connectivity index (χ3n) is 3.94. The topological polar surface area (TPSA) is 71.5 Å². The zero-order valence-electron chi connectivity index (χ0n) is 13.0. The van der Waals surface area contributed by atoms with Gasteiger partial charge < -0.3 is 9.84 Å². The Bertz CT molecular complexity index is 738. The van der Waals surface area contributed by atoms with E-state index in [-0.39, 0.29) is 0 Å². The summed E-state index contributed by atoms with van der Waals surface area (Å²) in [6.45, 7) is 0.367. The number of ether oxygens (including phenoxy) is 1. The zero-order chi connectivity index (χ0) is 16.2. The second-order valence-electron chi connectivity index (χ2n) is 5.66. The number of fused-ring (bicyclic) bond motifs is 1. The number of esters is 1. The van der Waals surface area contributed by atoms with Crippen molar-refractivity contribution in [3.05, 3.63) is 53.7 Å². The van der Waals surface area contributed by atoms with E-state index in [4.69, 9.17) is 4.98 Å². The molecule has 0 bridgehead atoms. The molecular formula is C18H20N2O3. The van der Waals surface area contributed by atoms with E-state index < -0.39 is 12.2 Å². The average molecular weight is 312 g/mol. The van der Waals surface area contributed by atoms with Gasteiger partial charge in [0.15, 0.2) is 0 Å². The maximum Gasteiger partial charge on any atom is 0.330 e. The molecule has 0 amide bonds. The van der Waals surface area contributed by atoms with Gasteiger partial charge in [-0.3, -0.25) is 10.3 Å². The molecule has 5 nitrogen and oxygen atoms in total. The maximum absolute atomic E-state index is 11.0. The van der Waals surface area contributed by atoms with E-state index in [1.807, 2.05) is 30.3 Å². The predicted molar refractivity (Wildman–Crippen MR) is 87.8 cm³/mol. The second-order valence-corrected chi connectivity index (χ2v) is 5.66. The first-order chi connectivity index (χ1) is 11.2. The lowest BCUT2D eigenvalue weighted by molar-refractivity contribution is -0.134. The zero-order valence-corrected chi connectivity index (χ0v) is 13.0. The van der Waals surface area contributed by atoms with Crippen LogP contribution in [0.25, 0.3) is 10.9 Å². The highest BCUT2D eigenvalue weighted by molar-refractivity contribution is 5.83. The standard InChI is InChI=1S/C18H20N2O3/c1-23-17(21)7-4-10-19-18(22)14-11-16(12-8-9-12)20-15-6-3-2-5-13(14)15/h2-7,11-12,18-19,22H,8-10H2,1H3/b7-4+. The number of benzene rings is 1. The molecule has 0 aliphatic heterocycles. The predicted octanol–water partition coefficient (Wildman–Crippen LogP) is 2.42. The minimum Gasteiger partial charge on any atom is -0.466 e. The Morgan fingerprint density at radius 3 is 3.00 bits per heavy atom. The van der Waals surface area contributed by atoms with Gasteiger partial charge in [0.25, 0.3) is 0 Å². The monoisotopic (exact) mass is 312 g/mol. The molecule has 1 aromatic carbocycles. The van der Waals surface area contributed by atoms with E-state index in [0.29, 0.717) is 12.5 Å². The average Bonchev–Trinajstić information content (AvgIpc) is 3.42. The van der Waals surface area contributed by atoms with Gasteiger partial charge >= 0.3 is 5.97 Å². The van der Waals surface area contributed by atoms with Crippen molar-refractivity contribution in [2.24, 2.45) is 0 Å². The fourth-order valence-corrected chi connectivity index (χ4v) is 2.55. The summed E-state index contributed by atoms with van der Waals surface area (Å²) < 4.78 is 4.52. The van der Waals surface area contributed by atoms with Crippen molar-refractivity contribution in [1.29, 1.82) is 0 Å². The van der Waals surface area contributed by atoms with Crippen LogP contribution >= 0.6 is 0 Å². The Hall–Kier alpha value is -2.24. The number of nitrogens with zero attached hydrogens (tertiary/aromatic N) is 1. The van der Waals surface area contributed by atoms with E-state index in [1.54, 1.807) is 6.08 Å². The molecule has 23 heavy (non-hydrogen) atoms. The van der Waals surface area contributed by atoms with Gasteiger partial charge in [0, 0.05) is 35.2 Å². The molecule has 2 aromatic rings. The number of hydrogen-bond donors (Lipinski definition) is 2. The minimum absolute atomic E-state index is 0.367. The van der Waals surface area contributed by atoms with E-state index in [9.17, 15) is 9.90 Å². The van der Waals surface area contributed by atoms with Crippen LogP contribution < -0.4 is 5.32 Å². The number of carbonyl (C=O) groups is 1. The van der Waals surface area contributed by atoms with Gasteiger partial charge in [0.1, 0.15) is 6.23 Å². The van der Waals surface area contributed by atoms with Crippen molar-refractivity contribution < 1.29 is 14.6 Å². The number of pyridine rings is 1. The molecule has 5 heteroatoms. The Kier molecular flexibility index (Phi) is 4.69. The van der Waals surface area contributed by atoms with E-state index in [1.165, 1.54) is 13.2 Å². The first-order valence-electron chi connectivity index (χ1n) is 7.74. The highest BCUT2D eigenvalue weighted by atomic mass is 16.5. The van der Waals surface area contributed by atoms with Crippen molar-refractivity contribution in [2.75, 3.05) is 13.7 Å². The summed E-state index contributed by atoms with van der Waals surface area (Å²) in [6, 6.07) is 9.81. The number of aromatic nitrogens is 1. The largest absolute Gasteiger partial charge is 0.466 e. The molecule has 1 unspecified atom stereocenters. The number of carbonyl (C=O) groups excluding carboxylic acids is 1. The molecule has 1 fully saturated rings. The van der Waals surface area contributed by atoms with Crippen LogP contribution in [0.4, 0.5) is 0 Å². The summed E-state index contributed by atoms with van der Waals surface area (Å²) >= 11 is 0. The van der Waals surface area contributed by atoms with Gasteiger partial charge in [0.2, 0.25) is 0 Å². The van der Waals surface area contributed by atoms with Crippen LogP contribution in [0.1, 0.15) is 36.2 Å². The van der Waals surface area contributed by atoms with Crippen molar-refractivity contribution in [3.8, 4) is 0 Å². The SMILES string of the molecule is COC(=O)/C=C/CNC(O)c1cc(C2CC2)nc2ccccc12. The summed E-state index contributed by atoms with van der Waals surface area (Å²) in [5.41, 5.74) is 2.77. The van der Waals surface area contributed by atoms with Gasteiger partial charge in [0.05, 0.1) is 12.6 Å². The molecule has 120 valence electrons. The first kappa shape index (κ1) is 15.6. The van der Waals surface area contributed by atoms with Crippen LogP contribution in [-0.4, -0.2) is 29.7 Å². The number of methoxy groups -OCH3 is 1. The Morgan fingerprint density at radius 2 is 2.26 bits per heavy atom. The molecule has 1 heterocycles. The number of aliphatic hydroxyl groups excluding tert-OH is 1. The quantitative estimate of drug-likeness (QED) is 0.487. The number of hydrogen-bond acceptors (Lipinski definition) is 5. The Morgan fingerprint density at radius 1 is 1.48 bits per heavy atom. The highest BCUT2D eigenvalue weighted by Crippen LogP contribution is 2.40. The molecule has 1 atom stereocenters. The minimum atomic E-state index is -0.817. The molecule has 1 aliphatic carbocycles. The molecule has 0 saturated heterocycles. The van der Waals surface area contributed by atoms with Crippen molar-refractivity contribution in [2.45, 2.75) is 25.0 Å². The van der Waals surface area contributed by atoms with Crippen LogP contribution in [0.15, 0.2) is 42.5 Å². The highest BCUT2D eigenvalue weighted by Gasteiger charge is 2.26. The van der Waals surface area contributed by atoms with Gasteiger partial charge in [-0.15, -0.1) is 0 Å². The van der Waals surface area contributed by atoms with Crippen molar-refractivity contribution in [3.63, 3.8) is 0 Å². The number of nitrogens with one attached hydrogen (secondary N) is 1. The molecule has 0 radical (unpaired) electrons. The smallest absolute Gasteiger partial charge is 0.330 e. The summed E-state index contributed by atoms with van der Waals surface area (Å²) in [6.07, 6.45) is 4.47. The van der Waals surface area contributed by atoms with Crippen LogP contribution in [0, 0.1) is 0 Å². The van der Waals surface area contributed by atoms with Gasteiger partial charge in [-0.05, 0) is 25.0 Å². The molecule has 3 rings (SSSR count). The van der Waals surface area contributed by atoms with E-state index in [2.05, 4.69) is 10.1 Å². The third kappa shape index (κ3) is 3.75. The first-order valence-corrected chi connectivity index (χ1v) is 7.74. The summed E-state index contributed by atoms with van der Waals surface area (Å²) in [5, 5.41) is 14.4. The van der Waals surface area contributed by atoms with Crippen molar-refractivity contribution in [1.82, 2.24) is 10.3 Å². The second kappa shape index (κ2) is 6.89. The Balaban J connectivity index is 1.80. The number of rotatable bonds is 6. The van der Waals surface area contributed by atoms with Crippen LogP contribution in [0.2, 0.25) is 0 Å². The van der Waals surface area contributed by atoms with Gasteiger partial charge in [-0.25, -0.2) is 4.79 Å². The lowest BCUT2D eigenvalue weighted by Crippen LogP contribution is -2.21. The normalized spacial score (nSPS) is 15.9. The number of aliphatic hydroxyl groups is 1. The van der Waals surface area contributed by atoms with Crippen molar-refractivity contribution >= 4 is 16.9 Å². The molecule has 1 saturated carbocycles. The molecular weight excluding hydrogens is 292 g/mol. The fraction of sp³-hybridized carbons (Fsp3) is 0.333. The summed E-state index contributed by atoms with van der Waals surface area (Å²) in [5.74, 6) is 0.108. The van der Waals surface area contributed by atoms with Crippen LogP contribution in [-0.2, 0) is 9.53 Å². The van der Waals surface area contributed by atoms with E-state index >= 15 is 0 Å². The molecule has 1 aliphatic rings. The summed E-state index contributed by atoms with van der Waals surface area (Å²) in [7, 11) is 1.33. The summed E-state index contributed by atoms with van der Waals surface area (Å²) in [4.78, 5) is 15.7. The fourth-order valence-electron chi connectivity index (χ4n) is 2.55. The third-order valence-corrected chi connectivity index (χ3v) is 3.94. The van der Waals surface area contributed by atoms with Gasteiger partial charge in [-0.1, -0.05) is 24.3 Å². The maximum atomic E-state index is 11.0. The van der Waals surface area contributed by atoms with Gasteiger partial charge in [-0.2, -0.15) is 0 Å². The lowest BCUT2D eigenvalue weighted by atomic mass is 10.0. The lowest BCUT2D eigenvalue weighted by Gasteiger charge is -2.16. The molecule has 2 N–H and O–H groups in total. The van der Waals surface area contributed by atoms with E-state index in [0.717, 1.165) is 35.0 Å². The molecule has 1 aromatic heterocycles.